The third-order valence-electron chi connectivity index (χ3n) is 3.35. The number of hydrogen-bond acceptors (Lipinski definition) is 6. The van der Waals surface area contributed by atoms with E-state index in [1.54, 1.807) is 17.9 Å². The summed E-state index contributed by atoms with van der Waals surface area (Å²) in [6, 6.07) is 2.96. The fourth-order valence-corrected chi connectivity index (χ4v) is 2.25. The second-order valence-corrected chi connectivity index (χ2v) is 4.68. The molecule has 0 aromatic carbocycles. The van der Waals surface area contributed by atoms with Gasteiger partial charge in [-0.05, 0) is 12.5 Å². The van der Waals surface area contributed by atoms with Crippen molar-refractivity contribution in [1.82, 2.24) is 9.88 Å². The molecular weight excluding hydrogens is 262 g/mol. The van der Waals surface area contributed by atoms with E-state index in [2.05, 4.69) is 4.98 Å². The van der Waals surface area contributed by atoms with Crippen molar-refractivity contribution < 1.29 is 9.72 Å². The van der Waals surface area contributed by atoms with Gasteiger partial charge in [0, 0.05) is 39.2 Å². The zero-order valence-corrected chi connectivity index (χ0v) is 11.3. The van der Waals surface area contributed by atoms with Crippen molar-refractivity contribution in [2.75, 3.05) is 36.8 Å². The number of nitrogens with two attached hydrogens (primary N) is 1. The highest BCUT2D eigenvalue weighted by Gasteiger charge is 2.20. The zero-order chi connectivity index (χ0) is 14.7. The highest BCUT2D eigenvalue weighted by molar-refractivity contribution is 5.73. The van der Waals surface area contributed by atoms with Crippen LogP contribution in [-0.2, 0) is 4.79 Å². The standard InChI is InChI=1S/C12H17N5O3/c1-9(18)15-5-2-6-16(8-7-15)11-4-3-10(17(19)20)12(13)14-11/h3-4H,2,5-8H2,1H3,(H2,13,14). The normalized spacial score (nSPS) is 15.8. The molecule has 1 aliphatic rings. The largest absolute Gasteiger partial charge is 0.378 e. The average Bonchev–Trinajstić information content (AvgIpc) is 2.63. The first-order chi connectivity index (χ1) is 9.49. The fraction of sp³-hybridized carbons (Fsp3) is 0.500. The Morgan fingerprint density at radius 3 is 2.70 bits per heavy atom. The van der Waals surface area contributed by atoms with Crippen molar-refractivity contribution in [2.24, 2.45) is 0 Å². The topological polar surface area (TPSA) is 106 Å². The third-order valence-corrected chi connectivity index (χ3v) is 3.35. The van der Waals surface area contributed by atoms with Crippen molar-refractivity contribution in [3.05, 3.63) is 22.2 Å². The molecule has 0 bridgehead atoms. The van der Waals surface area contributed by atoms with E-state index in [-0.39, 0.29) is 17.4 Å². The summed E-state index contributed by atoms with van der Waals surface area (Å²) in [4.78, 5) is 29.4. The summed E-state index contributed by atoms with van der Waals surface area (Å²) in [5.41, 5.74) is 5.41. The number of carbonyl (C=O) groups excluding carboxylic acids is 1. The van der Waals surface area contributed by atoms with Crippen LogP contribution >= 0.6 is 0 Å². The van der Waals surface area contributed by atoms with Crippen molar-refractivity contribution in [1.29, 1.82) is 0 Å². The molecule has 1 aromatic rings. The lowest BCUT2D eigenvalue weighted by Gasteiger charge is -2.22. The van der Waals surface area contributed by atoms with Crippen LogP contribution in [0.15, 0.2) is 12.1 Å². The van der Waals surface area contributed by atoms with Gasteiger partial charge in [0.2, 0.25) is 11.7 Å². The van der Waals surface area contributed by atoms with E-state index in [9.17, 15) is 14.9 Å². The molecule has 1 saturated heterocycles. The van der Waals surface area contributed by atoms with Crippen molar-refractivity contribution in [3.8, 4) is 0 Å². The van der Waals surface area contributed by atoms with Crippen LogP contribution in [0.3, 0.4) is 0 Å². The van der Waals surface area contributed by atoms with E-state index in [0.29, 0.717) is 25.5 Å². The van der Waals surface area contributed by atoms with E-state index < -0.39 is 4.92 Å². The molecule has 1 aliphatic heterocycles. The number of carbonyl (C=O) groups is 1. The summed E-state index contributed by atoms with van der Waals surface area (Å²) in [7, 11) is 0. The Balaban J connectivity index is 2.14. The molecule has 2 N–H and O–H groups in total. The smallest absolute Gasteiger partial charge is 0.311 e. The van der Waals surface area contributed by atoms with Crippen molar-refractivity contribution in [3.63, 3.8) is 0 Å². The molecule has 2 heterocycles. The van der Waals surface area contributed by atoms with Crippen molar-refractivity contribution >= 4 is 23.2 Å². The highest BCUT2D eigenvalue weighted by Crippen LogP contribution is 2.23. The molecule has 1 amide bonds. The number of pyridine rings is 1. The van der Waals surface area contributed by atoms with Gasteiger partial charge in [0.15, 0.2) is 0 Å². The number of hydrogen-bond donors (Lipinski definition) is 1. The lowest BCUT2D eigenvalue weighted by molar-refractivity contribution is -0.384. The Kier molecular flexibility index (Phi) is 4.02. The molecular formula is C12H17N5O3. The quantitative estimate of drug-likeness (QED) is 0.628. The van der Waals surface area contributed by atoms with Gasteiger partial charge in [0.05, 0.1) is 4.92 Å². The Hall–Kier alpha value is -2.38. The second kappa shape index (κ2) is 5.72. The third kappa shape index (κ3) is 2.95. The van der Waals surface area contributed by atoms with Gasteiger partial charge in [0.25, 0.3) is 0 Å². The second-order valence-electron chi connectivity index (χ2n) is 4.68. The molecule has 2 rings (SSSR count). The maximum absolute atomic E-state index is 11.4. The van der Waals surface area contributed by atoms with Crippen molar-refractivity contribution in [2.45, 2.75) is 13.3 Å². The molecule has 8 heteroatoms. The Labute approximate surface area is 116 Å². The number of amides is 1. The summed E-state index contributed by atoms with van der Waals surface area (Å²) < 4.78 is 0. The van der Waals surface area contributed by atoms with E-state index in [1.807, 2.05) is 4.90 Å². The highest BCUT2D eigenvalue weighted by atomic mass is 16.6. The number of nitrogen functional groups attached to an aromatic ring is 1. The molecule has 1 aromatic heterocycles. The lowest BCUT2D eigenvalue weighted by Crippen LogP contribution is -2.33. The van der Waals surface area contributed by atoms with Gasteiger partial charge in [-0.1, -0.05) is 0 Å². The molecule has 0 atom stereocenters. The maximum Gasteiger partial charge on any atom is 0.311 e. The summed E-state index contributed by atoms with van der Waals surface area (Å²) in [6.45, 7) is 4.28. The van der Waals surface area contributed by atoms with Gasteiger partial charge in [-0.2, -0.15) is 0 Å². The first-order valence-corrected chi connectivity index (χ1v) is 6.40. The predicted molar refractivity (Wildman–Crippen MR) is 74.4 cm³/mol. The van der Waals surface area contributed by atoms with E-state index in [1.165, 1.54) is 6.07 Å². The molecule has 20 heavy (non-hydrogen) atoms. The molecule has 0 radical (unpaired) electrons. The zero-order valence-electron chi connectivity index (χ0n) is 11.3. The van der Waals surface area contributed by atoms with Gasteiger partial charge in [-0.25, -0.2) is 4.98 Å². The number of nitrogens with zero attached hydrogens (tertiary/aromatic N) is 4. The maximum atomic E-state index is 11.4. The summed E-state index contributed by atoms with van der Waals surface area (Å²) >= 11 is 0. The number of nitro groups is 1. The minimum atomic E-state index is -0.550. The number of aromatic nitrogens is 1. The molecule has 1 fully saturated rings. The Morgan fingerprint density at radius 2 is 2.10 bits per heavy atom. The van der Waals surface area contributed by atoms with Gasteiger partial charge >= 0.3 is 5.69 Å². The van der Waals surface area contributed by atoms with Gasteiger partial charge in [-0.3, -0.25) is 14.9 Å². The van der Waals surface area contributed by atoms with E-state index in [0.717, 1.165) is 13.0 Å². The SMILES string of the molecule is CC(=O)N1CCCN(c2ccc([N+](=O)[O-])c(N)n2)CC1. The van der Waals surface area contributed by atoms with Crippen LogP contribution in [0.5, 0.6) is 0 Å². The summed E-state index contributed by atoms with van der Waals surface area (Å²) in [5, 5.41) is 10.7. The average molecular weight is 279 g/mol. The number of anilines is 2. The monoisotopic (exact) mass is 279 g/mol. The molecule has 0 saturated carbocycles. The van der Waals surface area contributed by atoms with Crippen LogP contribution in [0.1, 0.15) is 13.3 Å². The predicted octanol–water partition coefficient (Wildman–Crippen LogP) is 0.631. The van der Waals surface area contributed by atoms with Crippen LogP contribution in [0, 0.1) is 10.1 Å². The van der Waals surface area contributed by atoms with Crippen LogP contribution in [0.2, 0.25) is 0 Å². The minimum Gasteiger partial charge on any atom is -0.378 e. The summed E-state index contributed by atoms with van der Waals surface area (Å²) in [6.07, 6.45) is 0.832. The van der Waals surface area contributed by atoms with Gasteiger partial charge < -0.3 is 15.5 Å². The molecule has 0 aliphatic carbocycles. The van der Waals surface area contributed by atoms with Crippen LogP contribution < -0.4 is 10.6 Å². The molecule has 0 spiro atoms. The van der Waals surface area contributed by atoms with Gasteiger partial charge in [-0.15, -0.1) is 0 Å². The molecule has 8 nitrogen and oxygen atoms in total. The fourth-order valence-electron chi connectivity index (χ4n) is 2.25. The minimum absolute atomic E-state index is 0.0584. The van der Waals surface area contributed by atoms with Crippen LogP contribution in [0.4, 0.5) is 17.3 Å². The number of rotatable bonds is 2. The Morgan fingerprint density at radius 1 is 1.35 bits per heavy atom. The summed E-state index contributed by atoms with van der Waals surface area (Å²) in [5.74, 6) is 0.585. The van der Waals surface area contributed by atoms with Crippen LogP contribution in [-0.4, -0.2) is 46.9 Å². The van der Waals surface area contributed by atoms with Crippen LogP contribution in [0.25, 0.3) is 0 Å². The first-order valence-electron chi connectivity index (χ1n) is 6.40. The lowest BCUT2D eigenvalue weighted by atomic mass is 10.3. The molecule has 0 unspecified atom stereocenters. The van der Waals surface area contributed by atoms with E-state index in [4.69, 9.17) is 5.73 Å². The Bertz CT molecular complexity index is 534. The van der Waals surface area contributed by atoms with Gasteiger partial charge in [0.1, 0.15) is 5.82 Å². The first kappa shape index (κ1) is 14.0. The molecule has 108 valence electrons. The van der Waals surface area contributed by atoms with E-state index >= 15 is 0 Å².